The van der Waals surface area contributed by atoms with Gasteiger partial charge in [0, 0.05) is 62.5 Å². The molecule has 1 saturated heterocycles. The standard InChI is InChI=1S/C28H31N3O3/c1-20-25(22-8-5-4-6-9-22)10-7-11-26(20)28(33)29-24-13-12-23(27(18-24)34-3)19-30-14-16-31(17-15-30)21(2)32/h4-13,18H,14-17,19H2,1-3H3,(H,29,33). The van der Waals surface area contributed by atoms with Gasteiger partial charge >= 0.3 is 0 Å². The molecule has 3 aromatic rings. The van der Waals surface area contributed by atoms with Crippen molar-refractivity contribution in [3.8, 4) is 16.9 Å². The summed E-state index contributed by atoms with van der Waals surface area (Å²) in [6, 6.07) is 21.7. The fourth-order valence-corrected chi connectivity index (χ4v) is 4.43. The predicted molar refractivity (Wildman–Crippen MR) is 135 cm³/mol. The van der Waals surface area contributed by atoms with E-state index >= 15 is 0 Å². The summed E-state index contributed by atoms with van der Waals surface area (Å²) in [5, 5.41) is 3.02. The monoisotopic (exact) mass is 457 g/mol. The van der Waals surface area contributed by atoms with Crippen LogP contribution in [0.3, 0.4) is 0 Å². The van der Waals surface area contributed by atoms with Gasteiger partial charge in [-0.3, -0.25) is 14.5 Å². The Kier molecular flexibility index (Phi) is 7.28. The van der Waals surface area contributed by atoms with Gasteiger partial charge in [0.1, 0.15) is 5.75 Å². The van der Waals surface area contributed by atoms with Crippen LogP contribution in [0.4, 0.5) is 5.69 Å². The average Bonchev–Trinajstić information content (AvgIpc) is 2.86. The summed E-state index contributed by atoms with van der Waals surface area (Å²) < 4.78 is 5.63. The first-order valence-corrected chi connectivity index (χ1v) is 11.6. The Morgan fingerprint density at radius 2 is 1.68 bits per heavy atom. The first-order valence-electron chi connectivity index (χ1n) is 11.6. The lowest BCUT2D eigenvalue weighted by Gasteiger charge is -2.34. The molecule has 1 heterocycles. The molecule has 4 rings (SSSR count). The second-order valence-corrected chi connectivity index (χ2v) is 8.61. The van der Waals surface area contributed by atoms with Crippen LogP contribution in [0.25, 0.3) is 11.1 Å². The van der Waals surface area contributed by atoms with Crippen LogP contribution >= 0.6 is 0 Å². The maximum Gasteiger partial charge on any atom is 0.255 e. The predicted octanol–water partition coefficient (Wildman–Crippen LogP) is 4.59. The van der Waals surface area contributed by atoms with Gasteiger partial charge in [0.2, 0.25) is 5.91 Å². The lowest BCUT2D eigenvalue weighted by atomic mass is 9.96. The number of piperazine rings is 1. The molecule has 1 aliphatic rings. The van der Waals surface area contributed by atoms with Crippen molar-refractivity contribution >= 4 is 17.5 Å². The number of methoxy groups -OCH3 is 1. The zero-order valence-corrected chi connectivity index (χ0v) is 20.0. The summed E-state index contributed by atoms with van der Waals surface area (Å²) in [5.74, 6) is 0.717. The number of rotatable bonds is 6. The first kappa shape index (κ1) is 23.5. The molecule has 0 bridgehead atoms. The smallest absolute Gasteiger partial charge is 0.255 e. The molecule has 3 aromatic carbocycles. The minimum atomic E-state index is -0.148. The zero-order chi connectivity index (χ0) is 24.1. The van der Waals surface area contributed by atoms with Gasteiger partial charge in [-0.15, -0.1) is 0 Å². The van der Waals surface area contributed by atoms with Crippen LogP contribution in [0, 0.1) is 6.92 Å². The molecular weight excluding hydrogens is 426 g/mol. The van der Waals surface area contributed by atoms with E-state index in [4.69, 9.17) is 4.74 Å². The fraction of sp³-hybridized carbons (Fsp3) is 0.286. The number of benzene rings is 3. The Balaban J connectivity index is 1.47. The highest BCUT2D eigenvalue weighted by molar-refractivity contribution is 6.06. The summed E-state index contributed by atoms with van der Waals surface area (Å²) in [6.07, 6.45) is 0. The molecule has 1 aliphatic heterocycles. The number of ether oxygens (including phenoxy) is 1. The molecule has 34 heavy (non-hydrogen) atoms. The second-order valence-electron chi connectivity index (χ2n) is 8.61. The van der Waals surface area contributed by atoms with Gasteiger partial charge in [0.05, 0.1) is 7.11 Å². The number of nitrogens with one attached hydrogen (secondary N) is 1. The van der Waals surface area contributed by atoms with E-state index in [0.717, 1.165) is 60.7 Å². The van der Waals surface area contributed by atoms with Crippen LogP contribution in [-0.4, -0.2) is 54.9 Å². The van der Waals surface area contributed by atoms with Gasteiger partial charge in [0.25, 0.3) is 5.91 Å². The highest BCUT2D eigenvalue weighted by Gasteiger charge is 2.20. The number of carbonyl (C=O) groups excluding carboxylic acids is 2. The average molecular weight is 458 g/mol. The van der Waals surface area contributed by atoms with Gasteiger partial charge < -0.3 is 15.0 Å². The lowest BCUT2D eigenvalue weighted by molar-refractivity contribution is -0.130. The largest absolute Gasteiger partial charge is 0.496 e. The molecule has 0 aromatic heterocycles. The second kappa shape index (κ2) is 10.5. The molecule has 0 saturated carbocycles. The van der Waals surface area contributed by atoms with Crippen LogP contribution in [-0.2, 0) is 11.3 Å². The third-order valence-corrected chi connectivity index (χ3v) is 6.42. The summed E-state index contributed by atoms with van der Waals surface area (Å²) in [7, 11) is 1.64. The molecule has 0 radical (unpaired) electrons. The van der Waals surface area contributed by atoms with Crippen LogP contribution in [0.15, 0.2) is 66.7 Å². The third-order valence-electron chi connectivity index (χ3n) is 6.42. The molecular formula is C28H31N3O3. The first-order chi connectivity index (χ1) is 16.5. The summed E-state index contributed by atoms with van der Waals surface area (Å²) in [6.45, 7) is 7.48. The highest BCUT2D eigenvalue weighted by Crippen LogP contribution is 2.28. The van der Waals surface area contributed by atoms with Crippen molar-refractivity contribution in [1.82, 2.24) is 9.80 Å². The normalized spacial score (nSPS) is 14.0. The number of anilines is 1. The van der Waals surface area contributed by atoms with Gasteiger partial charge in [-0.2, -0.15) is 0 Å². The Labute approximate surface area is 201 Å². The molecule has 0 aliphatic carbocycles. The van der Waals surface area contributed by atoms with Gasteiger partial charge in [-0.25, -0.2) is 0 Å². The van der Waals surface area contributed by atoms with Gasteiger partial charge in [-0.1, -0.05) is 48.5 Å². The van der Waals surface area contributed by atoms with Crippen molar-refractivity contribution in [1.29, 1.82) is 0 Å². The molecule has 0 unspecified atom stereocenters. The SMILES string of the molecule is COc1cc(NC(=O)c2cccc(-c3ccccc3)c2C)ccc1CN1CCN(C(C)=O)CC1. The molecule has 176 valence electrons. The Morgan fingerprint density at radius 3 is 2.35 bits per heavy atom. The fourth-order valence-electron chi connectivity index (χ4n) is 4.43. The van der Waals surface area contributed by atoms with E-state index in [-0.39, 0.29) is 11.8 Å². The van der Waals surface area contributed by atoms with Crippen LogP contribution in [0.5, 0.6) is 5.75 Å². The van der Waals surface area contributed by atoms with Gasteiger partial charge in [0.15, 0.2) is 0 Å². The van der Waals surface area contributed by atoms with Crippen LogP contribution in [0.1, 0.15) is 28.4 Å². The molecule has 1 fully saturated rings. The number of hydrogen-bond acceptors (Lipinski definition) is 4. The van der Waals surface area contributed by atoms with Crippen molar-refractivity contribution < 1.29 is 14.3 Å². The zero-order valence-electron chi connectivity index (χ0n) is 20.0. The maximum absolute atomic E-state index is 13.1. The Bertz CT molecular complexity index is 1170. The molecule has 6 heteroatoms. The Hall–Kier alpha value is -3.64. The van der Waals surface area contributed by atoms with Crippen LogP contribution in [0.2, 0.25) is 0 Å². The van der Waals surface area contributed by atoms with Crippen molar-refractivity contribution in [3.05, 3.63) is 83.4 Å². The minimum Gasteiger partial charge on any atom is -0.496 e. The minimum absolute atomic E-state index is 0.127. The molecule has 2 amide bonds. The number of nitrogens with zero attached hydrogens (tertiary/aromatic N) is 2. The highest BCUT2D eigenvalue weighted by atomic mass is 16.5. The maximum atomic E-state index is 13.1. The van der Waals surface area contributed by atoms with Crippen molar-refractivity contribution in [2.75, 3.05) is 38.6 Å². The molecule has 1 N–H and O–H groups in total. The summed E-state index contributed by atoms with van der Waals surface area (Å²) in [5.41, 5.74) is 5.47. The number of amides is 2. The summed E-state index contributed by atoms with van der Waals surface area (Å²) in [4.78, 5) is 28.9. The van der Waals surface area contributed by atoms with E-state index in [9.17, 15) is 9.59 Å². The van der Waals surface area contributed by atoms with Crippen molar-refractivity contribution in [2.45, 2.75) is 20.4 Å². The van der Waals surface area contributed by atoms with E-state index in [1.807, 2.05) is 78.6 Å². The number of carbonyl (C=O) groups is 2. The lowest BCUT2D eigenvalue weighted by Crippen LogP contribution is -2.47. The van der Waals surface area contributed by atoms with Crippen molar-refractivity contribution in [2.24, 2.45) is 0 Å². The van der Waals surface area contributed by atoms with E-state index in [1.165, 1.54) is 0 Å². The number of hydrogen-bond donors (Lipinski definition) is 1. The van der Waals surface area contributed by atoms with E-state index in [0.29, 0.717) is 11.3 Å². The topological polar surface area (TPSA) is 61.9 Å². The third kappa shape index (κ3) is 5.29. The Morgan fingerprint density at radius 1 is 0.941 bits per heavy atom. The van der Waals surface area contributed by atoms with E-state index in [2.05, 4.69) is 10.2 Å². The quantitative estimate of drug-likeness (QED) is 0.588. The summed E-state index contributed by atoms with van der Waals surface area (Å²) >= 11 is 0. The van der Waals surface area contributed by atoms with Crippen LogP contribution < -0.4 is 10.1 Å². The molecule has 6 nitrogen and oxygen atoms in total. The van der Waals surface area contributed by atoms with Crippen molar-refractivity contribution in [3.63, 3.8) is 0 Å². The molecule has 0 spiro atoms. The molecule has 0 atom stereocenters. The van der Waals surface area contributed by atoms with E-state index < -0.39 is 0 Å². The van der Waals surface area contributed by atoms with E-state index in [1.54, 1.807) is 14.0 Å². The van der Waals surface area contributed by atoms with Gasteiger partial charge in [-0.05, 0) is 35.7 Å².